The number of benzene rings is 1. The van der Waals surface area contributed by atoms with Crippen molar-refractivity contribution in [1.29, 1.82) is 5.26 Å². The van der Waals surface area contributed by atoms with Gasteiger partial charge in [0.2, 0.25) is 0 Å². The number of aromatic hydroxyl groups is 1. The quantitative estimate of drug-likeness (QED) is 0.740. The standard InChI is InChI=1S/C13H13NO3/c14-7-10-8-3-1-6-17-13(8)11(15)9-4-2-5-16-12(9)10/h15H,1-6H2. The third-order valence-electron chi connectivity index (χ3n) is 3.32. The number of hydrogen-bond acceptors (Lipinski definition) is 4. The van der Waals surface area contributed by atoms with Crippen LogP contribution in [0.5, 0.6) is 17.2 Å². The highest BCUT2D eigenvalue weighted by Crippen LogP contribution is 2.47. The van der Waals surface area contributed by atoms with E-state index in [1.165, 1.54) is 0 Å². The molecule has 1 N–H and O–H groups in total. The number of rotatable bonds is 0. The molecule has 0 bridgehead atoms. The summed E-state index contributed by atoms with van der Waals surface area (Å²) in [5.74, 6) is 1.24. The second kappa shape index (κ2) is 3.85. The van der Waals surface area contributed by atoms with E-state index in [0.717, 1.165) is 36.8 Å². The molecule has 0 fully saturated rings. The van der Waals surface area contributed by atoms with Crippen molar-refractivity contribution in [3.8, 4) is 23.3 Å². The molecular weight excluding hydrogens is 218 g/mol. The van der Waals surface area contributed by atoms with Gasteiger partial charge >= 0.3 is 0 Å². The summed E-state index contributed by atoms with van der Waals surface area (Å²) in [5.41, 5.74) is 2.08. The third-order valence-corrected chi connectivity index (χ3v) is 3.32. The van der Waals surface area contributed by atoms with Gasteiger partial charge in [-0.2, -0.15) is 5.26 Å². The highest BCUT2D eigenvalue weighted by atomic mass is 16.5. The maximum absolute atomic E-state index is 10.2. The molecule has 0 spiro atoms. The van der Waals surface area contributed by atoms with E-state index in [-0.39, 0.29) is 5.75 Å². The Morgan fingerprint density at radius 2 is 1.65 bits per heavy atom. The Morgan fingerprint density at radius 1 is 1.00 bits per heavy atom. The lowest BCUT2D eigenvalue weighted by Gasteiger charge is -2.26. The molecule has 0 atom stereocenters. The molecular formula is C13H13NO3. The molecule has 2 heterocycles. The normalized spacial score (nSPS) is 17.1. The van der Waals surface area contributed by atoms with Gasteiger partial charge in [-0.15, -0.1) is 0 Å². The number of hydrogen-bond donors (Lipinski definition) is 1. The molecule has 0 amide bonds. The molecule has 1 aromatic rings. The van der Waals surface area contributed by atoms with Gasteiger partial charge in [0.25, 0.3) is 0 Å². The molecule has 3 rings (SSSR count). The van der Waals surface area contributed by atoms with Gasteiger partial charge in [0.1, 0.15) is 17.4 Å². The molecule has 2 aliphatic heterocycles. The molecule has 4 heteroatoms. The van der Waals surface area contributed by atoms with Crippen molar-refractivity contribution < 1.29 is 14.6 Å². The smallest absolute Gasteiger partial charge is 0.165 e. The molecule has 2 aliphatic rings. The fraction of sp³-hybridized carbons (Fsp3) is 0.462. The van der Waals surface area contributed by atoms with Crippen LogP contribution < -0.4 is 9.47 Å². The minimum Gasteiger partial charge on any atom is -0.504 e. The summed E-state index contributed by atoms with van der Waals surface area (Å²) in [6.45, 7) is 1.21. The molecule has 88 valence electrons. The molecule has 0 saturated carbocycles. The zero-order chi connectivity index (χ0) is 11.8. The summed E-state index contributed by atoms with van der Waals surface area (Å²) in [7, 11) is 0. The predicted octanol–water partition coefficient (Wildman–Crippen LogP) is 1.91. The Hall–Kier alpha value is -1.89. The minimum absolute atomic E-state index is 0.174. The molecule has 4 nitrogen and oxygen atoms in total. The van der Waals surface area contributed by atoms with Gasteiger partial charge in [0.15, 0.2) is 11.5 Å². The van der Waals surface area contributed by atoms with Gasteiger partial charge in [-0.3, -0.25) is 0 Å². The second-order valence-corrected chi connectivity index (χ2v) is 4.35. The molecule has 0 radical (unpaired) electrons. The SMILES string of the molecule is N#Cc1c2c(c(O)c3c1OCCC3)OCCC2. The van der Waals surface area contributed by atoms with Crippen LogP contribution in [0.15, 0.2) is 0 Å². The largest absolute Gasteiger partial charge is 0.504 e. The molecule has 1 aromatic carbocycles. The maximum Gasteiger partial charge on any atom is 0.165 e. The van der Waals surface area contributed by atoms with E-state index in [2.05, 4.69) is 6.07 Å². The van der Waals surface area contributed by atoms with Gasteiger partial charge in [-0.1, -0.05) is 0 Å². The first-order valence-electron chi connectivity index (χ1n) is 5.89. The Labute approximate surface area is 99.4 Å². The van der Waals surface area contributed by atoms with Gasteiger partial charge in [0, 0.05) is 11.1 Å². The average molecular weight is 231 g/mol. The van der Waals surface area contributed by atoms with Gasteiger partial charge in [0.05, 0.1) is 13.2 Å². The van der Waals surface area contributed by atoms with Crippen molar-refractivity contribution in [3.63, 3.8) is 0 Å². The van der Waals surface area contributed by atoms with Crippen LogP contribution in [0, 0.1) is 11.3 Å². The van der Waals surface area contributed by atoms with Crippen LogP contribution in [-0.4, -0.2) is 18.3 Å². The summed E-state index contributed by atoms with van der Waals surface area (Å²) >= 11 is 0. The van der Waals surface area contributed by atoms with Crippen LogP contribution in [0.3, 0.4) is 0 Å². The van der Waals surface area contributed by atoms with Crippen LogP contribution in [-0.2, 0) is 12.8 Å². The van der Waals surface area contributed by atoms with E-state index >= 15 is 0 Å². The van der Waals surface area contributed by atoms with Gasteiger partial charge < -0.3 is 14.6 Å². The monoisotopic (exact) mass is 231 g/mol. The van der Waals surface area contributed by atoms with Crippen molar-refractivity contribution in [2.45, 2.75) is 25.7 Å². The van der Waals surface area contributed by atoms with Crippen molar-refractivity contribution in [3.05, 3.63) is 16.7 Å². The van der Waals surface area contributed by atoms with E-state index in [1.807, 2.05) is 0 Å². The Morgan fingerprint density at radius 3 is 2.35 bits per heavy atom. The Bertz CT molecular complexity index is 479. The first kappa shape index (κ1) is 10.3. The number of phenolic OH excluding ortho intramolecular Hbond substituents is 1. The summed E-state index contributed by atoms with van der Waals surface area (Å²) < 4.78 is 11.1. The molecule has 0 unspecified atom stereocenters. The number of ether oxygens (including phenoxy) is 2. The summed E-state index contributed by atoms with van der Waals surface area (Å²) in [6, 6.07) is 2.19. The zero-order valence-corrected chi connectivity index (χ0v) is 9.45. The van der Waals surface area contributed by atoms with E-state index in [4.69, 9.17) is 9.47 Å². The maximum atomic E-state index is 10.2. The molecule has 0 saturated heterocycles. The summed E-state index contributed by atoms with van der Waals surface area (Å²) in [6.07, 6.45) is 3.25. The van der Waals surface area contributed by atoms with E-state index < -0.39 is 0 Å². The van der Waals surface area contributed by atoms with Gasteiger partial charge in [-0.05, 0) is 25.7 Å². The fourth-order valence-electron chi connectivity index (χ4n) is 2.54. The van der Waals surface area contributed by atoms with Crippen LogP contribution in [0.1, 0.15) is 29.5 Å². The Kier molecular flexibility index (Phi) is 2.32. The van der Waals surface area contributed by atoms with Crippen molar-refractivity contribution >= 4 is 0 Å². The second-order valence-electron chi connectivity index (χ2n) is 4.35. The lowest BCUT2D eigenvalue weighted by molar-refractivity contribution is 0.256. The van der Waals surface area contributed by atoms with Gasteiger partial charge in [-0.25, -0.2) is 0 Å². The average Bonchev–Trinajstić information content (AvgIpc) is 2.40. The molecule has 0 aromatic heterocycles. The minimum atomic E-state index is 0.174. The van der Waals surface area contributed by atoms with E-state index in [9.17, 15) is 10.4 Å². The first-order chi connectivity index (χ1) is 8.33. The lowest BCUT2D eigenvalue weighted by Crippen LogP contribution is -2.16. The highest BCUT2D eigenvalue weighted by Gasteiger charge is 2.29. The topological polar surface area (TPSA) is 62.5 Å². The van der Waals surface area contributed by atoms with Crippen molar-refractivity contribution in [2.24, 2.45) is 0 Å². The number of phenols is 1. The van der Waals surface area contributed by atoms with Crippen LogP contribution >= 0.6 is 0 Å². The number of nitriles is 1. The molecule has 17 heavy (non-hydrogen) atoms. The number of fused-ring (bicyclic) bond motifs is 2. The van der Waals surface area contributed by atoms with Crippen molar-refractivity contribution in [2.75, 3.05) is 13.2 Å². The predicted molar refractivity (Wildman–Crippen MR) is 60.5 cm³/mol. The molecule has 0 aliphatic carbocycles. The van der Waals surface area contributed by atoms with Crippen LogP contribution in [0.4, 0.5) is 0 Å². The summed E-state index contributed by atoms with van der Waals surface area (Å²) in [5, 5.41) is 19.5. The van der Waals surface area contributed by atoms with Crippen molar-refractivity contribution in [1.82, 2.24) is 0 Å². The Balaban J connectivity index is 2.30. The lowest BCUT2D eigenvalue weighted by atomic mass is 9.93. The fourth-order valence-corrected chi connectivity index (χ4v) is 2.54. The zero-order valence-electron chi connectivity index (χ0n) is 9.45. The number of nitrogens with zero attached hydrogens (tertiary/aromatic N) is 1. The van der Waals surface area contributed by atoms with E-state index in [1.54, 1.807) is 0 Å². The third kappa shape index (κ3) is 1.42. The van der Waals surface area contributed by atoms with Crippen LogP contribution in [0.25, 0.3) is 0 Å². The van der Waals surface area contributed by atoms with E-state index in [0.29, 0.717) is 30.3 Å². The summed E-state index contributed by atoms with van der Waals surface area (Å²) in [4.78, 5) is 0. The highest BCUT2D eigenvalue weighted by molar-refractivity contribution is 5.67. The first-order valence-corrected chi connectivity index (χ1v) is 5.89. The van der Waals surface area contributed by atoms with Crippen LogP contribution in [0.2, 0.25) is 0 Å².